The quantitative estimate of drug-likeness (QED) is 0.647. The van der Waals surface area contributed by atoms with Crippen molar-refractivity contribution in [3.05, 3.63) is 5.92 Å². The lowest BCUT2D eigenvalue weighted by molar-refractivity contribution is -0.148. The van der Waals surface area contributed by atoms with Gasteiger partial charge in [0.1, 0.15) is 6.10 Å². The molecule has 0 unspecified atom stereocenters. The van der Waals surface area contributed by atoms with E-state index >= 15 is 0 Å². The molecular weight excluding hydrogens is 176 g/mol. The van der Waals surface area contributed by atoms with Gasteiger partial charge in [-0.25, -0.2) is 0 Å². The fourth-order valence-corrected chi connectivity index (χ4v) is 1.91. The molecule has 0 atom stereocenters. The Bertz CT molecular complexity index is 171. The Balaban J connectivity index is 2.24. The molecule has 14 heavy (non-hydrogen) atoms. The zero-order valence-electron chi connectivity index (χ0n) is 9.34. The van der Waals surface area contributed by atoms with Crippen molar-refractivity contribution < 1.29 is 9.53 Å². The number of ether oxygens (including phenoxy) is 1. The summed E-state index contributed by atoms with van der Waals surface area (Å²) in [6, 6.07) is 0. The Morgan fingerprint density at radius 2 is 1.93 bits per heavy atom. The molecule has 1 radical (unpaired) electrons. The van der Waals surface area contributed by atoms with Crippen LogP contribution in [0.15, 0.2) is 0 Å². The van der Waals surface area contributed by atoms with Gasteiger partial charge in [0, 0.05) is 0 Å². The van der Waals surface area contributed by atoms with E-state index in [-0.39, 0.29) is 12.1 Å². The van der Waals surface area contributed by atoms with Gasteiger partial charge < -0.3 is 4.74 Å². The third-order valence-electron chi connectivity index (χ3n) is 2.80. The van der Waals surface area contributed by atoms with E-state index in [1.807, 2.05) is 6.92 Å². The van der Waals surface area contributed by atoms with Crippen molar-refractivity contribution in [3.63, 3.8) is 0 Å². The summed E-state index contributed by atoms with van der Waals surface area (Å²) in [5, 5.41) is 0. The van der Waals surface area contributed by atoms with Crippen LogP contribution in [0.2, 0.25) is 0 Å². The van der Waals surface area contributed by atoms with Gasteiger partial charge in [-0.3, -0.25) is 4.79 Å². The zero-order valence-corrected chi connectivity index (χ0v) is 9.34. The molecule has 1 saturated carbocycles. The highest BCUT2D eigenvalue weighted by molar-refractivity contribution is 5.84. The van der Waals surface area contributed by atoms with Crippen LogP contribution in [0, 0.1) is 5.92 Å². The largest absolute Gasteiger partial charge is 0.462 e. The maximum Gasteiger partial charge on any atom is 0.313 e. The predicted molar refractivity (Wildman–Crippen MR) is 56.8 cm³/mol. The predicted octanol–water partition coefficient (Wildman–Crippen LogP) is 3.26. The second-order valence-electron chi connectivity index (χ2n) is 4.20. The van der Waals surface area contributed by atoms with Crippen molar-refractivity contribution in [3.8, 4) is 0 Å². The highest BCUT2D eigenvalue weighted by atomic mass is 16.5. The van der Waals surface area contributed by atoms with Crippen LogP contribution >= 0.6 is 0 Å². The Morgan fingerprint density at radius 3 is 2.50 bits per heavy atom. The van der Waals surface area contributed by atoms with Crippen molar-refractivity contribution in [2.45, 2.75) is 64.9 Å². The summed E-state index contributed by atoms with van der Waals surface area (Å²) in [7, 11) is 0. The molecule has 0 amide bonds. The van der Waals surface area contributed by atoms with Gasteiger partial charge in [-0.2, -0.15) is 0 Å². The molecule has 1 rings (SSSR count). The van der Waals surface area contributed by atoms with Gasteiger partial charge in [0.15, 0.2) is 0 Å². The van der Waals surface area contributed by atoms with Gasteiger partial charge in [-0.15, -0.1) is 0 Å². The molecule has 0 aliphatic heterocycles. The smallest absolute Gasteiger partial charge is 0.313 e. The minimum atomic E-state index is -0.0706. The summed E-state index contributed by atoms with van der Waals surface area (Å²) < 4.78 is 5.43. The average Bonchev–Trinajstić information content (AvgIpc) is 2.19. The van der Waals surface area contributed by atoms with Gasteiger partial charge in [0.05, 0.1) is 5.92 Å². The number of esters is 1. The minimum Gasteiger partial charge on any atom is -0.462 e. The molecule has 0 bridgehead atoms. The first-order valence-corrected chi connectivity index (χ1v) is 5.77. The van der Waals surface area contributed by atoms with Gasteiger partial charge in [0.2, 0.25) is 0 Å². The fourth-order valence-electron chi connectivity index (χ4n) is 1.91. The van der Waals surface area contributed by atoms with E-state index in [4.69, 9.17) is 4.74 Å². The number of carbonyl (C=O) groups excluding carboxylic acids is 1. The third-order valence-corrected chi connectivity index (χ3v) is 2.80. The number of rotatable bonds is 4. The van der Waals surface area contributed by atoms with Gasteiger partial charge in [-0.1, -0.05) is 19.8 Å². The second-order valence-corrected chi connectivity index (χ2v) is 4.20. The van der Waals surface area contributed by atoms with E-state index in [9.17, 15) is 4.79 Å². The summed E-state index contributed by atoms with van der Waals surface area (Å²) in [6.45, 7) is 3.96. The SMILES string of the molecule is CCC[C](C)C(=O)OC1CCCCC1. The van der Waals surface area contributed by atoms with E-state index in [2.05, 4.69) is 6.92 Å². The first-order chi connectivity index (χ1) is 6.74. The number of hydrogen-bond acceptors (Lipinski definition) is 2. The maximum absolute atomic E-state index is 11.5. The van der Waals surface area contributed by atoms with E-state index < -0.39 is 0 Å². The van der Waals surface area contributed by atoms with Gasteiger partial charge in [-0.05, 0) is 39.0 Å². The topological polar surface area (TPSA) is 26.3 Å². The van der Waals surface area contributed by atoms with Gasteiger partial charge in [0.25, 0.3) is 0 Å². The minimum absolute atomic E-state index is 0.0706. The van der Waals surface area contributed by atoms with Crippen LogP contribution in [0.25, 0.3) is 0 Å². The maximum atomic E-state index is 11.5. The first-order valence-electron chi connectivity index (χ1n) is 5.77. The number of hydrogen-bond donors (Lipinski definition) is 0. The molecular formula is C12H21O2. The van der Waals surface area contributed by atoms with Crippen LogP contribution < -0.4 is 0 Å². The van der Waals surface area contributed by atoms with Crippen molar-refractivity contribution in [1.82, 2.24) is 0 Å². The summed E-state index contributed by atoms with van der Waals surface area (Å²) in [5.41, 5.74) is 0. The van der Waals surface area contributed by atoms with Crippen LogP contribution in [0.3, 0.4) is 0 Å². The van der Waals surface area contributed by atoms with Crippen LogP contribution in [-0.2, 0) is 9.53 Å². The molecule has 1 aliphatic carbocycles. The standard InChI is InChI=1S/C12H21O2/c1-3-7-10(2)12(13)14-11-8-5-4-6-9-11/h11H,3-9H2,1-2H3. The second kappa shape index (κ2) is 6.05. The third kappa shape index (κ3) is 3.69. The Kier molecular flexibility index (Phi) is 4.99. The van der Waals surface area contributed by atoms with Crippen LogP contribution in [-0.4, -0.2) is 12.1 Å². The first kappa shape index (κ1) is 11.5. The van der Waals surface area contributed by atoms with E-state index in [1.54, 1.807) is 0 Å². The van der Waals surface area contributed by atoms with Crippen LogP contribution in [0.5, 0.6) is 0 Å². The highest BCUT2D eigenvalue weighted by Crippen LogP contribution is 2.22. The number of carbonyl (C=O) groups is 1. The van der Waals surface area contributed by atoms with Crippen molar-refractivity contribution in [1.29, 1.82) is 0 Å². The van der Waals surface area contributed by atoms with Crippen LogP contribution in [0.4, 0.5) is 0 Å². The van der Waals surface area contributed by atoms with Crippen LogP contribution in [0.1, 0.15) is 58.8 Å². The molecule has 1 aliphatic rings. The normalized spacial score (nSPS) is 18.5. The van der Waals surface area contributed by atoms with Gasteiger partial charge >= 0.3 is 5.97 Å². The molecule has 2 heteroatoms. The van der Waals surface area contributed by atoms with E-state index in [0.29, 0.717) is 0 Å². The molecule has 0 spiro atoms. The van der Waals surface area contributed by atoms with Crippen molar-refractivity contribution in [2.75, 3.05) is 0 Å². The summed E-state index contributed by atoms with van der Waals surface area (Å²) in [6.07, 6.45) is 7.93. The molecule has 81 valence electrons. The monoisotopic (exact) mass is 197 g/mol. The lowest BCUT2D eigenvalue weighted by Gasteiger charge is -2.23. The van der Waals surface area contributed by atoms with E-state index in [0.717, 1.165) is 31.6 Å². The molecule has 0 aromatic heterocycles. The molecule has 0 N–H and O–H groups in total. The fraction of sp³-hybridized carbons (Fsp3) is 0.833. The average molecular weight is 197 g/mol. The molecule has 0 aromatic carbocycles. The van der Waals surface area contributed by atoms with E-state index in [1.165, 1.54) is 19.3 Å². The molecule has 1 fully saturated rings. The lowest BCUT2D eigenvalue weighted by atomic mass is 9.97. The molecule has 2 nitrogen and oxygen atoms in total. The zero-order chi connectivity index (χ0) is 10.4. The summed E-state index contributed by atoms with van der Waals surface area (Å²) >= 11 is 0. The highest BCUT2D eigenvalue weighted by Gasteiger charge is 2.21. The Morgan fingerprint density at radius 1 is 1.29 bits per heavy atom. The molecule has 0 aromatic rings. The lowest BCUT2D eigenvalue weighted by Crippen LogP contribution is -2.23. The molecule has 0 saturated heterocycles. The summed E-state index contributed by atoms with van der Waals surface area (Å²) in [5.74, 6) is 0.803. The summed E-state index contributed by atoms with van der Waals surface area (Å²) in [4.78, 5) is 11.5. The van der Waals surface area contributed by atoms with Crippen molar-refractivity contribution >= 4 is 5.97 Å². The van der Waals surface area contributed by atoms with Crippen molar-refractivity contribution in [2.24, 2.45) is 0 Å². The Hall–Kier alpha value is -0.530. The molecule has 0 heterocycles. The Labute approximate surface area is 87.0 Å².